The molecule has 0 spiro atoms. The number of halogens is 2. The second-order valence-corrected chi connectivity index (χ2v) is 4.86. The number of ether oxygens (including phenoxy) is 1. The Labute approximate surface area is 101 Å². The Morgan fingerprint density at radius 1 is 1.38 bits per heavy atom. The fourth-order valence-electron chi connectivity index (χ4n) is 2.13. The zero-order valence-electron chi connectivity index (χ0n) is 9.16. The van der Waals surface area contributed by atoms with Gasteiger partial charge in [-0.1, -0.05) is 12.1 Å². The SMILES string of the molecule is Fc1cccc(CC(Cl)C2CCOCC2)c1. The molecule has 0 N–H and O–H groups in total. The molecule has 1 unspecified atom stereocenters. The van der Waals surface area contributed by atoms with Crippen LogP contribution in [0.1, 0.15) is 18.4 Å². The van der Waals surface area contributed by atoms with Gasteiger partial charge in [0.1, 0.15) is 5.82 Å². The van der Waals surface area contributed by atoms with Gasteiger partial charge in [-0.25, -0.2) is 4.39 Å². The van der Waals surface area contributed by atoms with Gasteiger partial charge >= 0.3 is 0 Å². The number of rotatable bonds is 3. The van der Waals surface area contributed by atoms with Gasteiger partial charge in [-0.15, -0.1) is 11.6 Å². The minimum atomic E-state index is -0.187. The summed E-state index contributed by atoms with van der Waals surface area (Å²) in [7, 11) is 0. The fraction of sp³-hybridized carbons (Fsp3) is 0.538. The second-order valence-electron chi connectivity index (χ2n) is 4.30. The van der Waals surface area contributed by atoms with E-state index in [-0.39, 0.29) is 11.2 Å². The van der Waals surface area contributed by atoms with Crippen molar-refractivity contribution in [3.05, 3.63) is 35.6 Å². The van der Waals surface area contributed by atoms with Gasteiger partial charge in [0, 0.05) is 18.6 Å². The van der Waals surface area contributed by atoms with Crippen LogP contribution >= 0.6 is 11.6 Å². The maximum Gasteiger partial charge on any atom is 0.123 e. The summed E-state index contributed by atoms with van der Waals surface area (Å²) in [6.07, 6.45) is 2.77. The van der Waals surface area contributed by atoms with Gasteiger partial charge < -0.3 is 4.74 Å². The van der Waals surface area contributed by atoms with E-state index < -0.39 is 0 Å². The molecule has 1 fully saturated rings. The van der Waals surface area contributed by atoms with E-state index >= 15 is 0 Å². The van der Waals surface area contributed by atoms with Gasteiger partial charge in [0.05, 0.1) is 0 Å². The van der Waals surface area contributed by atoms with Crippen molar-refractivity contribution >= 4 is 11.6 Å². The van der Waals surface area contributed by atoms with E-state index in [0.29, 0.717) is 5.92 Å². The van der Waals surface area contributed by atoms with Crippen molar-refractivity contribution in [3.63, 3.8) is 0 Å². The summed E-state index contributed by atoms with van der Waals surface area (Å²) < 4.78 is 18.3. The van der Waals surface area contributed by atoms with Crippen molar-refractivity contribution < 1.29 is 9.13 Å². The topological polar surface area (TPSA) is 9.23 Å². The first kappa shape index (κ1) is 11.9. The van der Waals surface area contributed by atoms with Crippen molar-refractivity contribution in [2.75, 3.05) is 13.2 Å². The van der Waals surface area contributed by atoms with E-state index in [0.717, 1.165) is 38.0 Å². The average molecular weight is 243 g/mol. The fourth-order valence-corrected chi connectivity index (χ4v) is 2.56. The molecule has 1 heterocycles. The summed E-state index contributed by atoms with van der Waals surface area (Å²) in [4.78, 5) is 0. The van der Waals surface area contributed by atoms with Crippen LogP contribution in [-0.4, -0.2) is 18.6 Å². The monoisotopic (exact) mass is 242 g/mol. The molecule has 3 heteroatoms. The van der Waals surface area contributed by atoms with E-state index in [1.807, 2.05) is 6.07 Å². The molecule has 0 radical (unpaired) electrons. The minimum Gasteiger partial charge on any atom is -0.381 e. The van der Waals surface area contributed by atoms with E-state index in [4.69, 9.17) is 16.3 Å². The Kier molecular flexibility index (Phi) is 4.19. The molecule has 2 rings (SSSR count). The summed E-state index contributed by atoms with van der Waals surface area (Å²) in [6, 6.07) is 6.69. The zero-order chi connectivity index (χ0) is 11.4. The Morgan fingerprint density at radius 2 is 2.12 bits per heavy atom. The molecule has 1 nitrogen and oxygen atoms in total. The maximum atomic E-state index is 13.0. The number of benzene rings is 1. The lowest BCUT2D eigenvalue weighted by molar-refractivity contribution is 0.0651. The Morgan fingerprint density at radius 3 is 2.81 bits per heavy atom. The van der Waals surface area contributed by atoms with Crippen LogP contribution in [0.3, 0.4) is 0 Å². The Balaban J connectivity index is 1.93. The third-order valence-corrected chi connectivity index (χ3v) is 3.61. The molecule has 1 aliphatic rings. The van der Waals surface area contributed by atoms with Crippen LogP contribution in [0, 0.1) is 11.7 Å². The first-order valence-corrected chi connectivity index (χ1v) is 6.15. The maximum absolute atomic E-state index is 13.0. The Hall–Kier alpha value is -0.600. The van der Waals surface area contributed by atoms with E-state index in [1.165, 1.54) is 6.07 Å². The zero-order valence-corrected chi connectivity index (χ0v) is 9.92. The molecule has 1 aliphatic heterocycles. The highest BCUT2D eigenvalue weighted by Crippen LogP contribution is 2.25. The lowest BCUT2D eigenvalue weighted by Crippen LogP contribution is -2.25. The summed E-state index contributed by atoms with van der Waals surface area (Å²) in [5.74, 6) is 0.312. The lowest BCUT2D eigenvalue weighted by atomic mass is 9.92. The van der Waals surface area contributed by atoms with Gasteiger partial charge in [0.2, 0.25) is 0 Å². The first-order chi connectivity index (χ1) is 7.75. The highest BCUT2D eigenvalue weighted by molar-refractivity contribution is 6.20. The van der Waals surface area contributed by atoms with E-state index in [2.05, 4.69) is 0 Å². The normalized spacial score (nSPS) is 19.6. The molecule has 0 saturated carbocycles. The summed E-state index contributed by atoms with van der Waals surface area (Å²) >= 11 is 6.37. The Bertz CT molecular complexity index is 336. The standard InChI is InChI=1S/C13H16ClFO/c14-13(11-4-6-16-7-5-11)9-10-2-1-3-12(15)8-10/h1-3,8,11,13H,4-7,9H2. The van der Waals surface area contributed by atoms with Crippen LogP contribution in [0.4, 0.5) is 4.39 Å². The molecule has 88 valence electrons. The van der Waals surface area contributed by atoms with Crippen LogP contribution in [0.5, 0.6) is 0 Å². The average Bonchev–Trinajstić information content (AvgIpc) is 2.30. The second kappa shape index (κ2) is 5.65. The summed E-state index contributed by atoms with van der Waals surface area (Å²) in [6.45, 7) is 1.61. The van der Waals surface area contributed by atoms with Crippen molar-refractivity contribution in [3.8, 4) is 0 Å². The third kappa shape index (κ3) is 3.19. The summed E-state index contributed by atoms with van der Waals surface area (Å²) in [5.41, 5.74) is 0.978. The predicted molar refractivity (Wildman–Crippen MR) is 63.3 cm³/mol. The van der Waals surface area contributed by atoms with E-state index in [1.54, 1.807) is 12.1 Å². The van der Waals surface area contributed by atoms with Crippen LogP contribution in [0.25, 0.3) is 0 Å². The lowest BCUT2D eigenvalue weighted by Gasteiger charge is -2.26. The van der Waals surface area contributed by atoms with Gasteiger partial charge in [-0.2, -0.15) is 0 Å². The highest BCUT2D eigenvalue weighted by Gasteiger charge is 2.22. The van der Waals surface area contributed by atoms with Gasteiger partial charge in [-0.3, -0.25) is 0 Å². The minimum absolute atomic E-state index is 0.0886. The van der Waals surface area contributed by atoms with Crippen LogP contribution in [-0.2, 0) is 11.2 Å². The van der Waals surface area contributed by atoms with Gasteiger partial charge in [0.15, 0.2) is 0 Å². The summed E-state index contributed by atoms with van der Waals surface area (Å²) in [5, 5.41) is 0.0886. The largest absolute Gasteiger partial charge is 0.381 e. The van der Waals surface area contributed by atoms with Crippen molar-refractivity contribution in [2.24, 2.45) is 5.92 Å². The van der Waals surface area contributed by atoms with Crippen LogP contribution in [0.2, 0.25) is 0 Å². The molecular formula is C13H16ClFO. The molecule has 0 amide bonds. The molecule has 0 aliphatic carbocycles. The molecule has 0 bridgehead atoms. The van der Waals surface area contributed by atoms with Gasteiger partial charge in [0.25, 0.3) is 0 Å². The highest BCUT2D eigenvalue weighted by atomic mass is 35.5. The molecule has 1 saturated heterocycles. The van der Waals surface area contributed by atoms with Crippen molar-refractivity contribution in [1.29, 1.82) is 0 Å². The predicted octanol–water partition coefficient (Wildman–Crippen LogP) is 3.40. The van der Waals surface area contributed by atoms with E-state index in [9.17, 15) is 4.39 Å². The van der Waals surface area contributed by atoms with Crippen molar-refractivity contribution in [2.45, 2.75) is 24.6 Å². The number of alkyl halides is 1. The smallest absolute Gasteiger partial charge is 0.123 e. The van der Waals surface area contributed by atoms with Crippen molar-refractivity contribution in [1.82, 2.24) is 0 Å². The molecule has 16 heavy (non-hydrogen) atoms. The molecule has 1 aromatic carbocycles. The van der Waals surface area contributed by atoms with Gasteiger partial charge in [-0.05, 0) is 42.9 Å². The quantitative estimate of drug-likeness (QED) is 0.739. The number of hydrogen-bond acceptors (Lipinski definition) is 1. The first-order valence-electron chi connectivity index (χ1n) is 5.72. The number of hydrogen-bond donors (Lipinski definition) is 0. The molecule has 0 aromatic heterocycles. The molecular weight excluding hydrogens is 227 g/mol. The molecule has 1 atom stereocenters. The van der Waals surface area contributed by atoms with Crippen LogP contribution in [0.15, 0.2) is 24.3 Å². The molecule has 1 aromatic rings. The van der Waals surface area contributed by atoms with Crippen LogP contribution < -0.4 is 0 Å². The third-order valence-electron chi connectivity index (χ3n) is 3.10.